The van der Waals surface area contributed by atoms with Crippen molar-refractivity contribution in [1.29, 1.82) is 0 Å². The smallest absolute Gasteiger partial charge is 0.120 e. The molecule has 0 unspecified atom stereocenters. The molecule has 1 N–H and O–H groups in total. The highest BCUT2D eigenvalue weighted by molar-refractivity contribution is 6.09. The monoisotopic (exact) mass is 226 g/mol. The van der Waals surface area contributed by atoms with Gasteiger partial charge >= 0.3 is 0 Å². The second kappa shape index (κ2) is 3.48. The van der Waals surface area contributed by atoms with Crippen LogP contribution in [0.2, 0.25) is 0 Å². The Hall–Kier alpha value is -2.03. The van der Waals surface area contributed by atoms with E-state index in [-0.39, 0.29) is 0 Å². The van der Waals surface area contributed by atoms with Crippen LogP contribution in [0.3, 0.4) is 0 Å². The summed E-state index contributed by atoms with van der Waals surface area (Å²) >= 11 is 0. The lowest BCUT2D eigenvalue weighted by Crippen LogP contribution is -1.84. The van der Waals surface area contributed by atoms with Crippen LogP contribution in [0.5, 0.6) is 5.75 Å². The minimum absolute atomic E-state index is 0.868. The van der Waals surface area contributed by atoms with E-state index in [0.29, 0.717) is 0 Å². The minimum Gasteiger partial charge on any atom is -0.497 e. The largest absolute Gasteiger partial charge is 0.497 e. The van der Waals surface area contributed by atoms with E-state index >= 15 is 0 Å². The molecule has 3 aromatic rings. The fourth-order valence-corrected chi connectivity index (χ4v) is 2.31. The predicted octanol–water partition coefficient (Wildman–Crippen LogP) is 3.34. The Morgan fingerprint density at radius 2 is 2.06 bits per heavy atom. The lowest BCUT2D eigenvalue weighted by Gasteiger charge is -2.00. The van der Waals surface area contributed by atoms with Gasteiger partial charge < -0.3 is 9.72 Å². The van der Waals surface area contributed by atoms with Crippen LogP contribution in [0, 0.1) is 13.8 Å². The molecule has 0 aliphatic heterocycles. The van der Waals surface area contributed by atoms with Crippen LogP contribution < -0.4 is 4.74 Å². The van der Waals surface area contributed by atoms with E-state index in [0.717, 1.165) is 22.5 Å². The number of fused-ring (bicyclic) bond motifs is 3. The van der Waals surface area contributed by atoms with Crippen LogP contribution in [-0.4, -0.2) is 17.1 Å². The van der Waals surface area contributed by atoms with Gasteiger partial charge in [0.15, 0.2) is 0 Å². The first-order valence-electron chi connectivity index (χ1n) is 5.62. The number of H-pyrrole nitrogens is 1. The Labute approximate surface area is 99.4 Å². The molecule has 3 rings (SSSR count). The number of nitrogens with zero attached hydrogens (tertiary/aromatic N) is 1. The molecule has 0 aliphatic rings. The molecule has 0 amide bonds. The van der Waals surface area contributed by atoms with Crippen molar-refractivity contribution >= 4 is 21.8 Å². The first-order valence-corrected chi connectivity index (χ1v) is 5.62. The summed E-state index contributed by atoms with van der Waals surface area (Å²) in [7, 11) is 1.68. The van der Waals surface area contributed by atoms with Gasteiger partial charge in [0.1, 0.15) is 5.75 Å². The molecule has 0 aliphatic carbocycles. The zero-order valence-corrected chi connectivity index (χ0v) is 10.2. The average Bonchev–Trinajstić information content (AvgIpc) is 2.73. The number of methoxy groups -OCH3 is 1. The van der Waals surface area contributed by atoms with E-state index < -0.39 is 0 Å². The highest BCUT2D eigenvalue weighted by Crippen LogP contribution is 2.31. The van der Waals surface area contributed by atoms with E-state index in [2.05, 4.69) is 23.0 Å². The summed E-state index contributed by atoms with van der Waals surface area (Å²) in [6, 6.07) is 6.11. The summed E-state index contributed by atoms with van der Waals surface area (Å²) in [4.78, 5) is 7.80. The lowest BCUT2D eigenvalue weighted by atomic mass is 10.1. The Morgan fingerprint density at radius 1 is 1.24 bits per heavy atom. The molecule has 1 aromatic carbocycles. The minimum atomic E-state index is 0.868. The van der Waals surface area contributed by atoms with Gasteiger partial charge in [0.05, 0.1) is 23.8 Å². The molecule has 0 spiro atoms. The summed E-state index contributed by atoms with van der Waals surface area (Å²) < 4.78 is 5.24. The molecule has 0 fully saturated rings. The van der Waals surface area contributed by atoms with Gasteiger partial charge in [0.2, 0.25) is 0 Å². The Morgan fingerprint density at radius 3 is 2.82 bits per heavy atom. The van der Waals surface area contributed by atoms with E-state index in [1.807, 2.05) is 25.3 Å². The third-order valence-corrected chi connectivity index (χ3v) is 3.21. The fourth-order valence-electron chi connectivity index (χ4n) is 2.31. The van der Waals surface area contributed by atoms with Crippen LogP contribution >= 0.6 is 0 Å². The van der Waals surface area contributed by atoms with Crippen molar-refractivity contribution in [1.82, 2.24) is 9.97 Å². The van der Waals surface area contributed by atoms with Gasteiger partial charge in [-0.15, -0.1) is 0 Å². The number of rotatable bonds is 1. The van der Waals surface area contributed by atoms with Crippen molar-refractivity contribution < 1.29 is 4.74 Å². The maximum Gasteiger partial charge on any atom is 0.120 e. The van der Waals surface area contributed by atoms with E-state index in [1.54, 1.807) is 7.11 Å². The van der Waals surface area contributed by atoms with Crippen molar-refractivity contribution in [2.75, 3.05) is 7.11 Å². The fraction of sp³-hybridized carbons (Fsp3) is 0.214. The second-order valence-electron chi connectivity index (χ2n) is 4.31. The van der Waals surface area contributed by atoms with Gasteiger partial charge in [-0.05, 0) is 31.5 Å². The van der Waals surface area contributed by atoms with Gasteiger partial charge in [0.25, 0.3) is 0 Å². The summed E-state index contributed by atoms with van der Waals surface area (Å²) in [6.45, 7) is 4.11. The summed E-state index contributed by atoms with van der Waals surface area (Å²) in [5, 5.41) is 2.49. The average molecular weight is 226 g/mol. The zero-order valence-electron chi connectivity index (χ0n) is 10.2. The molecular weight excluding hydrogens is 212 g/mol. The standard InChI is InChI=1S/C14H14N2O/c1-8-7-15-9(2)14-13(8)11-5-4-10(17-3)6-12(11)16-14/h4-7,16H,1-3H3. The normalized spacial score (nSPS) is 11.2. The maximum absolute atomic E-state index is 5.24. The van der Waals surface area contributed by atoms with Gasteiger partial charge in [-0.3, -0.25) is 4.98 Å². The molecule has 86 valence electrons. The number of aryl methyl sites for hydroxylation is 2. The molecule has 0 saturated heterocycles. The Kier molecular flexibility index (Phi) is 2.08. The van der Waals surface area contributed by atoms with Crippen molar-refractivity contribution in [3.05, 3.63) is 35.7 Å². The van der Waals surface area contributed by atoms with Crippen LogP contribution in [0.4, 0.5) is 0 Å². The molecule has 0 bridgehead atoms. The zero-order chi connectivity index (χ0) is 12.0. The van der Waals surface area contributed by atoms with Crippen LogP contribution in [0.15, 0.2) is 24.4 Å². The number of pyridine rings is 1. The molecule has 3 nitrogen and oxygen atoms in total. The number of benzene rings is 1. The molecule has 2 heterocycles. The topological polar surface area (TPSA) is 37.9 Å². The molecule has 0 atom stereocenters. The predicted molar refractivity (Wildman–Crippen MR) is 69.6 cm³/mol. The quantitative estimate of drug-likeness (QED) is 0.691. The highest BCUT2D eigenvalue weighted by Gasteiger charge is 2.09. The number of aromatic nitrogens is 2. The lowest BCUT2D eigenvalue weighted by molar-refractivity contribution is 0.415. The van der Waals surface area contributed by atoms with Crippen molar-refractivity contribution in [2.45, 2.75) is 13.8 Å². The first kappa shape index (κ1) is 10.1. The number of ether oxygens (including phenoxy) is 1. The second-order valence-corrected chi connectivity index (χ2v) is 4.31. The van der Waals surface area contributed by atoms with Gasteiger partial charge in [-0.1, -0.05) is 0 Å². The number of nitrogens with one attached hydrogen (secondary N) is 1. The van der Waals surface area contributed by atoms with Gasteiger partial charge in [-0.2, -0.15) is 0 Å². The third kappa shape index (κ3) is 1.39. The summed E-state index contributed by atoms with van der Waals surface area (Å²) in [6.07, 6.45) is 1.93. The van der Waals surface area contributed by atoms with Crippen molar-refractivity contribution in [2.24, 2.45) is 0 Å². The third-order valence-electron chi connectivity index (χ3n) is 3.21. The molecule has 17 heavy (non-hydrogen) atoms. The number of aromatic amines is 1. The van der Waals surface area contributed by atoms with Crippen molar-refractivity contribution in [3.8, 4) is 5.75 Å². The number of hydrogen-bond donors (Lipinski definition) is 1. The van der Waals surface area contributed by atoms with Crippen LogP contribution in [0.25, 0.3) is 21.8 Å². The molecular formula is C14H14N2O. The molecule has 2 aromatic heterocycles. The van der Waals surface area contributed by atoms with Crippen LogP contribution in [-0.2, 0) is 0 Å². The maximum atomic E-state index is 5.24. The highest BCUT2D eigenvalue weighted by atomic mass is 16.5. The Balaban J connectivity index is 2.49. The summed E-state index contributed by atoms with van der Waals surface area (Å²) in [5.41, 5.74) is 4.44. The van der Waals surface area contributed by atoms with Crippen LogP contribution in [0.1, 0.15) is 11.3 Å². The van der Waals surface area contributed by atoms with E-state index in [4.69, 9.17) is 4.74 Å². The molecule has 0 radical (unpaired) electrons. The van der Waals surface area contributed by atoms with Gasteiger partial charge in [0, 0.05) is 23.0 Å². The van der Waals surface area contributed by atoms with Gasteiger partial charge in [-0.25, -0.2) is 0 Å². The summed E-state index contributed by atoms with van der Waals surface area (Å²) in [5.74, 6) is 0.868. The van der Waals surface area contributed by atoms with Crippen molar-refractivity contribution in [3.63, 3.8) is 0 Å². The van der Waals surface area contributed by atoms with E-state index in [1.165, 1.54) is 16.3 Å². The molecule has 3 heteroatoms. The van der Waals surface area contributed by atoms with E-state index in [9.17, 15) is 0 Å². The number of hydrogen-bond acceptors (Lipinski definition) is 2. The molecule has 0 saturated carbocycles. The first-order chi connectivity index (χ1) is 8.20. The Bertz CT molecular complexity index is 713. The SMILES string of the molecule is COc1ccc2c(c1)[nH]c1c(C)ncc(C)c12.